The molecule has 0 N–H and O–H groups in total. The average molecular weight is 715 g/mol. The molecule has 0 bridgehead atoms. The average Bonchev–Trinajstić information content (AvgIpc) is 3.18. The Balaban J connectivity index is 1.22. The van der Waals surface area contributed by atoms with Gasteiger partial charge in [0.25, 0.3) is 0 Å². The van der Waals surface area contributed by atoms with Crippen LogP contribution in [0.15, 0.2) is 116 Å². The van der Waals surface area contributed by atoms with Crippen LogP contribution in [0.2, 0.25) is 0 Å². The van der Waals surface area contributed by atoms with Crippen molar-refractivity contribution in [1.82, 2.24) is 0 Å². The Morgan fingerprint density at radius 2 is 1.17 bits per heavy atom. The Morgan fingerprint density at radius 1 is 0.566 bits per heavy atom. The first kappa shape index (κ1) is 38.0. The molecule has 0 saturated carbocycles. The quantitative estimate of drug-likeness (QED) is 0.0288. The lowest BCUT2D eigenvalue weighted by Gasteiger charge is -2.15. The van der Waals surface area contributed by atoms with Crippen LogP contribution in [0.25, 0.3) is 21.5 Å². The van der Waals surface area contributed by atoms with Gasteiger partial charge in [0.2, 0.25) is 0 Å². The van der Waals surface area contributed by atoms with E-state index in [-0.39, 0.29) is 0 Å². The van der Waals surface area contributed by atoms with E-state index in [2.05, 4.69) is 20.1 Å². The molecule has 0 heterocycles. The second-order valence-corrected chi connectivity index (χ2v) is 12.3. The SMILES string of the molecule is C=CC(=O)OCCCCCCOc1ccc(C(=O)Oc2ccc3c(ccc4c(CCCC)c(OC(=O)c5ccc(OC(=O)C=C)cc5)ccc43)c2)cc1. The molecule has 0 atom stereocenters. The van der Waals surface area contributed by atoms with Gasteiger partial charge in [-0.25, -0.2) is 19.2 Å². The molecule has 0 radical (unpaired) electrons. The van der Waals surface area contributed by atoms with Crippen molar-refractivity contribution in [2.45, 2.75) is 51.9 Å². The molecule has 9 nitrogen and oxygen atoms in total. The minimum atomic E-state index is -0.585. The zero-order valence-corrected chi connectivity index (χ0v) is 29.8. The fourth-order valence-electron chi connectivity index (χ4n) is 5.75. The number of rotatable bonds is 18. The molecule has 5 aromatic carbocycles. The first-order valence-corrected chi connectivity index (χ1v) is 17.7. The summed E-state index contributed by atoms with van der Waals surface area (Å²) >= 11 is 0. The third kappa shape index (κ3) is 10.4. The topological polar surface area (TPSA) is 114 Å². The summed E-state index contributed by atoms with van der Waals surface area (Å²) in [6.45, 7) is 9.80. The van der Waals surface area contributed by atoms with Crippen LogP contribution in [0.4, 0.5) is 0 Å². The normalized spacial score (nSPS) is 10.7. The zero-order valence-electron chi connectivity index (χ0n) is 29.8. The Bertz CT molecular complexity index is 2100. The van der Waals surface area contributed by atoms with E-state index in [1.807, 2.05) is 36.4 Å². The molecule has 0 aliphatic heterocycles. The highest BCUT2D eigenvalue weighted by atomic mass is 16.5. The number of hydrogen-bond donors (Lipinski definition) is 0. The smallest absolute Gasteiger partial charge is 0.343 e. The van der Waals surface area contributed by atoms with Crippen molar-refractivity contribution in [2.75, 3.05) is 13.2 Å². The molecule has 0 amide bonds. The van der Waals surface area contributed by atoms with Gasteiger partial charge in [-0.2, -0.15) is 0 Å². The zero-order chi connectivity index (χ0) is 37.6. The number of hydrogen-bond acceptors (Lipinski definition) is 9. The van der Waals surface area contributed by atoms with Crippen molar-refractivity contribution in [3.8, 4) is 23.0 Å². The molecule has 272 valence electrons. The summed E-state index contributed by atoms with van der Waals surface area (Å²) in [5, 5.41) is 3.83. The maximum absolute atomic E-state index is 13.1. The molecule has 5 rings (SSSR count). The molecule has 0 aliphatic rings. The van der Waals surface area contributed by atoms with Gasteiger partial charge in [0.05, 0.1) is 24.3 Å². The highest BCUT2D eigenvalue weighted by Gasteiger charge is 2.17. The molecule has 5 aromatic rings. The molecule has 0 spiro atoms. The van der Waals surface area contributed by atoms with Crippen LogP contribution in [-0.2, 0) is 20.7 Å². The van der Waals surface area contributed by atoms with E-state index >= 15 is 0 Å². The molecule has 0 aliphatic carbocycles. The predicted molar refractivity (Wildman–Crippen MR) is 204 cm³/mol. The Labute approximate surface area is 308 Å². The molecular formula is C44H42O9. The van der Waals surface area contributed by atoms with E-state index in [0.29, 0.717) is 53.8 Å². The molecule has 53 heavy (non-hydrogen) atoms. The van der Waals surface area contributed by atoms with Gasteiger partial charge < -0.3 is 23.7 Å². The summed E-state index contributed by atoms with van der Waals surface area (Å²) in [6.07, 6.45) is 8.35. The largest absolute Gasteiger partial charge is 0.494 e. The molecule has 0 aromatic heterocycles. The van der Waals surface area contributed by atoms with Crippen molar-refractivity contribution in [3.63, 3.8) is 0 Å². The minimum absolute atomic E-state index is 0.299. The molecule has 9 heteroatoms. The van der Waals surface area contributed by atoms with Crippen molar-refractivity contribution in [1.29, 1.82) is 0 Å². The van der Waals surface area contributed by atoms with E-state index < -0.39 is 23.9 Å². The molecule has 0 saturated heterocycles. The minimum Gasteiger partial charge on any atom is -0.494 e. The lowest BCUT2D eigenvalue weighted by molar-refractivity contribution is -0.137. The third-order valence-electron chi connectivity index (χ3n) is 8.53. The Kier molecular flexibility index (Phi) is 13.5. The number of carbonyl (C=O) groups excluding carboxylic acids is 4. The number of unbranched alkanes of at least 4 members (excludes halogenated alkanes) is 4. The summed E-state index contributed by atoms with van der Waals surface area (Å²) in [7, 11) is 0. The van der Waals surface area contributed by atoms with Gasteiger partial charge in [0.15, 0.2) is 0 Å². The summed E-state index contributed by atoms with van der Waals surface area (Å²) < 4.78 is 27.5. The van der Waals surface area contributed by atoms with Gasteiger partial charge in [-0.15, -0.1) is 0 Å². The van der Waals surface area contributed by atoms with Crippen LogP contribution < -0.4 is 18.9 Å². The Hall–Kier alpha value is -6.22. The van der Waals surface area contributed by atoms with Gasteiger partial charge in [-0.1, -0.05) is 50.8 Å². The third-order valence-corrected chi connectivity index (χ3v) is 8.53. The number of fused-ring (bicyclic) bond motifs is 3. The summed E-state index contributed by atoms with van der Waals surface area (Å²) in [5.41, 5.74) is 1.66. The lowest BCUT2D eigenvalue weighted by Crippen LogP contribution is -2.10. The number of aryl methyl sites for hydroxylation is 1. The van der Waals surface area contributed by atoms with Crippen LogP contribution in [0, 0.1) is 0 Å². The summed E-state index contributed by atoms with van der Waals surface area (Å²) in [4.78, 5) is 48.7. The van der Waals surface area contributed by atoms with Crippen molar-refractivity contribution < 1.29 is 42.9 Å². The van der Waals surface area contributed by atoms with Gasteiger partial charge in [0.1, 0.15) is 23.0 Å². The number of carbonyl (C=O) groups is 4. The first-order valence-electron chi connectivity index (χ1n) is 17.7. The highest BCUT2D eigenvalue weighted by Crippen LogP contribution is 2.36. The lowest BCUT2D eigenvalue weighted by atomic mass is 9.95. The molecule has 0 fully saturated rings. The Morgan fingerprint density at radius 3 is 1.85 bits per heavy atom. The maximum atomic E-state index is 13.1. The number of benzene rings is 5. The fraction of sp³-hybridized carbons (Fsp3) is 0.227. The van der Waals surface area contributed by atoms with Crippen molar-refractivity contribution in [2.24, 2.45) is 0 Å². The van der Waals surface area contributed by atoms with E-state index in [1.54, 1.807) is 42.5 Å². The first-order chi connectivity index (χ1) is 25.8. The summed E-state index contributed by atoms with van der Waals surface area (Å²) in [6, 6.07) is 26.3. The van der Waals surface area contributed by atoms with Crippen molar-refractivity contribution in [3.05, 3.63) is 133 Å². The second kappa shape index (κ2) is 18.9. The fourth-order valence-corrected chi connectivity index (χ4v) is 5.75. The van der Waals surface area contributed by atoms with Gasteiger partial charge >= 0.3 is 23.9 Å². The highest BCUT2D eigenvalue weighted by molar-refractivity contribution is 6.10. The van der Waals surface area contributed by atoms with Crippen LogP contribution in [0.5, 0.6) is 23.0 Å². The monoisotopic (exact) mass is 714 g/mol. The van der Waals surface area contributed by atoms with E-state index in [4.69, 9.17) is 23.7 Å². The molecule has 0 unspecified atom stereocenters. The van der Waals surface area contributed by atoms with Crippen molar-refractivity contribution >= 4 is 45.4 Å². The number of esters is 4. The number of ether oxygens (including phenoxy) is 5. The van der Waals surface area contributed by atoms with Crippen LogP contribution in [-0.4, -0.2) is 37.1 Å². The molecular weight excluding hydrogens is 672 g/mol. The van der Waals surface area contributed by atoms with E-state index in [0.717, 1.165) is 77.8 Å². The second-order valence-electron chi connectivity index (χ2n) is 12.3. The summed E-state index contributed by atoms with van der Waals surface area (Å²) in [5.74, 6) is -0.116. The maximum Gasteiger partial charge on any atom is 0.343 e. The van der Waals surface area contributed by atoms with Gasteiger partial charge in [-0.3, -0.25) is 0 Å². The van der Waals surface area contributed by atoms with Gasteiger partial charge in [0, 0.05) is 17.7 Å². The van der Waals surface area contributed by atoms with Gasteiger partial charge in [-0.05, 0) is 127 Å². The van der Waals surface area contributed by atoms with Crippen LogP contribution in [0.3, 0.4) is 0 Å². The standard InChI is InChI=1S/C44H42O9/c1-4-7-12-39-38-23-17-32-29-35(52-43(47)30-13-18-33(19-14-30)49-27-10-8-9-11-28-50-41(45)5-2)22-24-36(32)37(38)25-26-40(39)53-44(48)31-15-20-34(21-16-31)51-42(46)6-3/h5-6,13-26,29H,2-4,7-12,27-28H2,1H3. The van der Waals surface area contributed by atoms with E-state index in [1.165, 1.54) is 12.1 Å². The van der Waals surface area contributed by atoms with Crippen LogP contribution >= 0.6 is 0 Å². The predicted octanol–water partition coefficient (Wildman–Crippen LogP) is 9.53. The van der Waals surface area contributed by atoms with E-state index in [9.17, 15) is 19.2 Å². The van der Waals surface area contributed by atoms with Crippen LogP contribution in [0.1, 0.15) is 71.7 Å².